The van der Waals surface area contributed by atoms with Crippen molar-refractivity contribution >= 4 is 29.1 Å². The van der Waals surface area contributed by atoms with Gasteiger partial charge in [0, 0.05) is 11.3 Å². The molecular weight excluding hydrogens is 317 g/mol. The molecule has 0 saturated heterocycles. The maximum atomic E-state index is 13.7. The zero-order valence-electron chi connectivity index (χ0n) is 12.0. The minimum absolute atomic E-state index is 0.135. The van der Waals surface area contributed by atoms with Crippen molar-refractivity contribution in [3.63, 3.8) is 0 Å². The van der Waals surface area contributed by atoms with Gasteiger partial charge < -0.3 is 10.8 Å². The zero-order valence-corrected chi connectivity index (χ0v) is 12.8. The lowest BCUT2D eigenvalue weighted by Gasteiger charge is -2.01. The summed E-state index contributed by atoms with van der Waals surface area (Å²) in [5.74, 6) is -1.29. The SMILES string of the molecule is NC(=NN=Cc1c(F)cccc1C(=O)O)SCc1ccccc1. The van der Waals surface area contributed by atoms with Crippen LogP contribution in [0.4, 0.5) is 4.39 Å². The number of thioether (sulfide) groups is 1. The lowest BCUT2D eigenvalue weighted by atomic mass is 10.1. The third-order valence-electron chi connectivity index (χ3n) is 2.86. The Balaban J connectivity index is 2.04. The molecular formula is C16H14FN3O2S. The summed E-state index contributed by atoms with van der Waals surface area (Å²) in [6.45, 7) is 0. The van der Waals surface area contributed by atoms with Crippen LogP contribution in [0.25, 0.3) is 0 Å². The van der Waals surface area contributed by atoms with Crippen LogP contribution in [0.1, 0.15) is 21.5 Å². The molecule has 0 unspecified atom stereocenters. The second-order valence-electron chi connectivity index (χ2n) is 4.46. The van der Waals surface area contributed by atoms with Crippen LogP contribution in [0, 0.1) is 5.82 Å². The topological polar surface area (TPSA) is 88.0 Å². The van der Waals surface area contributed by atoms with Crippen LogP contribution in [0.5, 0.6) is 0 Å². The van der Waals surface area contributed by atoms with E-state index >= 15 is 0 Å². The van der Waals surface area contributed by atoms with Crippen LogP contribution < -0.4 is 5.73 Å². The van der Waals surface area contributed by atoms with E-state index in [9.17, 15) is 9.18 Å². The molecule has 0 heterocycles. The maximum absolute atomic E-state index is 13.7. The Labute approximate surface area is 136 Å². The van der Waals surface area contributed by atoms with Crippen molar-refractivity contribution in [2.24, 2.45) is 15.9 Å². The van der Waals surface area contributed by atoms with Gasteiger partial charge in [0.1, 0.15) is 5.82 Å². The van der Waals surface area contributed by atoms with E-state index < -0.39 is 11.8 Å². The van der Waals surface area contributed by atoms with Crippen molar-refractivity contribution < 1.29 is 14.3 Å². The van der Waals surface area contributed by atoms with E-state index in [4.69, 9.17) is 10.8 Å². The summed E-state index contributed by atoms with van der Waals surface area (Å²) >= 11 is 1.28. The van der Waals surface area contributed by atoms with Gasteiger partial charge in [0.2, 0.25) is 0 Å². The molecule has 0 saturated carbocycles. The van der Waals surface area contributed by atoms with E-state index in [-0.39, 0.29) is 16.3 Å². The number of aromatic carboxylic acids is 1. The van der Waals surface area contributed by atoms with Crippen molar-refractivity contribution in [2.45, 2.75) is 5.75 Å². The van der Waals surface area contributed by atoms with Gasteiger partial charge in [-0.05, 0) is 17.7 Å². The normalized spacial score (nSPS) is 11.8. The second-order valence-corrected chi connectivity index (χ2v) is 5.46. The van der Waals surface area contributed by atoms with Crippen LogP contribution >= 0.6 is 11.8 Å². The molecule has 0 aliphatic heterocycles. The summed E-state index contributed by atoms with van der Waals surface area (Å²) in [7, 11) is 0. The van der Waals surface area contributed by atoms with E-state index in [1.807, 2.05) is 30.3 Å². The number of carboxylic acid groups (broad SMARTS) is 1. The molecule has 0 bridgehead atoms. The number of hydrogen-bond donors (Lipinski definition) is 2. The minimum atomic E-state index is -1.23. The predicted molar refractivity (Wildman–Crippen MR) is 90.3 cm³/mol. The fourth-order valence-electron chi connectivity index (χ4n) is 1.76. The minimum Gasteiger partial charge on any atom is -0.478 e. The number of benzene rings is 2. The van der Waals surface area contributed by atoms with Gasteiger partial charge in [-0.3, -0.25) is 0 Å². The molecule has 0 aliphatic carbocycles. The molecule has 0 fully saturated rings. The summed E-state index contributed by atoms with van der Waals surface area (Å²) in [6.07, 6.45) is 1.05. The Morgan fingerprint density at radius 3 is 2.65 bits per heavy atom. The Morgan fingerprint density at radius 1 is 1.22 bits per heavy atom. The molecule has 0 spiro atoms. The van der Waals surface area contributed by atoms with Crippen molar-refractivity contribution in [1.82, 2.24) is 0 Å². The summed E-state index contributed by atoms with van der Waals surface area (Å²) in [5, 5.41) is 16.6. The summed E-state index contributed by atoms with van der Waals surface area (Å²) < 4.78 is 13.7. The lowest BCUT2D eigenvalue weighted by molar-refractivity contribution is 0.0696. The molecule has 23 heavy (non-hydrogen) atoms. The molecule has 7 heteroatoms. The molecule has 118 valence electrons. The predicted octanol–water partition coefficient (Wildman–Crippen LogP) is 3.11. The zero-order chi connectivity index (χ0) is 16.7. The maximum Gasteiger partial charge on any atom is 0.336 e. The first-order chi connectivity index (χ1) is 11.1. The highest BCUT2D eigenvalue weighted by molar-refractivity contribution is 8.13. The summed E-state index contributed by atoms with van der Waals surface area (Å²) in [5.41, 5.74) is 6.48. The van der Waals surface area contributed by atoms with Gasteiger partial charge in [0.25, 0.3) is 0 Å². The molecule has 0 amide bonds. The van der Waals surface area contributed by atoms with Crippen LogP contribution in [-0.4, -0.2) is 22.5 Å². The van der Waals surface area contributed by atoms with Crippen molar-refractivity contribution in [3.8, 4) is 0 Å². The number of amidine groups is 1. The number of nitrogens with zero attached hydrogens (tertiary/aromatic N) is 2. The van der Waals surface area contributed by atoms with Gasteiger partial charge in [-0.2, -0.15) is 5.10 Å². The Bertz CT molecular complexity index is 748. The van der Waals surface area contributed by atoms with Gasteiger partial charge in [0.05, 0.1) is 11.8 Å². The van der Waals surface area contributed by atoms with E-state index in [0.29, 0.717) is 5.75 Å². The van der Waals surface area contributed by atoms with Gasteiger partial charge in [-0.1, -0.05) is 48.2 Å². The van der Waals surface area contributed by atoms with Gasteiger partial charge in [-0.15, -0.1) is 5.10 Å². The van der Waals surface area contributed by atoms with Crippen molar-refractivity contribution in [3.05, 3.63) is 71.0 Å². The molecule has 0 radical (unpaired) electrons. The molecule has 3 N–H and O–H groups in total. The fraction of sp³-hybridized carbons (Fsp3) is 0.0625. The standard InChI is InChI=1S/C16H14FN3O2S/c17-14-8-4-7-12(15(21)22)13(14)9-19-20-16(18)23-10-11-5-2-1-3-6-11/h1-9H,10H2,(H2,18,20)(H,21,22). The average Bonchev–Trinajstić information content (AvgIpc) is 2.55. The summed E-state index contributed by atoms with van der Waals surface area (Å²) in [4.78, 5) is 11.0. The Kier molecular flexibility index (Phi) is 5.87. The van der Waals surface area contributed by atoms with Gasteiger partial charge in [0.15, 0.2) is 5.17 Å². The van der Waals surface area contributed by atoms with E-state index in [1.54, 1.807) is 0 Å². The van der Waals surface area contributed by atoms with E-state index in [0.717, 1.165) is 17.8 Å². The number of hydrogen-bond acceptors (Lipinski definition) is 4. The average molecular weight is 331 g/mol. The van der Waals surface area contributed by atoms with Crippen molar-refractivity contribution in [2.75, 3.05) is 0 Å². The van der Waals surface area contributed by atoms with Crippen LogP contribution in [0.2, 0.25) is 0 Å². The number of carboxylic acids is 1. The number of carbonyl (C=O) groups is 1. The molecule has 2 rings (SSSR count). The molecule has 2 aromatic rings. The highest BCUT2D eigenvalue weighted by Crippen LogP contribution is 2.13. The van der Waals surface area contributed by atoms with Gasteiger partial charge in [-0.25, -0.2) is 9.18 Å². The van der Waals surface area contributed by atoms with Crippen molar-refractivity contribution in [1.29, 1.82) is 0 Å². The highest BCUT2D eigenvalue weighted by Gasteiger charge is 2.12. The van der Waals surface area contributed by atoms with E-state index in [1.165, 1.54) is 23.9 Å². The molecule has 0 atom stereocenters. The monoisotopic (exact) mass is 331 g/mol. The first-order valence-electron chi connectivity index (χ1n) is 6.63. The molecule has 5 nitrogen and oxygen atoms in total. The fourth-order valence-corrected chi connectivity index (χ4v) is 2.37. The highest BCUT2D eigenvalue weighted by atomic mass is 32.2. The molecule has 2 aromatic carbocycles. The number of rotatable bonds is 5. The lowest BCUT2D eigenvalue weighted by Crippen LogP contribution is -2.07. The first-order valence-corrected chi connectivity index (χ1v) is 7.61. The quantitative estimate of drug-likeness (QED) is 0.500. The van der Waals surface area contributed by atoms with Crippen LogP contribution in [0.15, 0.2) is 58.7 Å². The first kappa shape index (κ1) is 16.7. The van der Waals surface area contributed by atoms with E-state index in [2.05, 4.69) is 10.2 Å². The molecule has 0 aliphatic rings. The largest absolute Gasteiger partial charge is 0.478 e. The second kappa shape index (κ2) is 8.09. The summed E-state index contributed by atoms with van der Waals surface area (Å²) in [6, 6.07) is 13.5. The Morgan fingerprint density at radius 2 is 1.96 bits per heavy atom. The van der Waals surface area contributed by atoms with Gasteiger partial charge >= 0.3 is 5.97 Å². The van der Waals surface area contributed by atoms with Crippen LogP contribution in [-0.2, 0) is 5.75 Å². The van der Waals surface area contributed by atoms with Crippen LogP contribution in [0.3, 0.4) is 0 Å². The smallest absolute Gasteiger partial charge is 0.336 e. The molecule has 0 aromatic heterocycles. The Hall–Kier alpha value is -2.67. The third-order valence-corrected chi connectivity index (χ3v) is 3.71. The third kappa shape index (κ3) is 4.93. The number of halogens is 1. The number of nitrogens with two attached hydrogens (primary N) is 1.